The molecule has 0 atom stereocenters. The van der Waals surface area contributed by atoms with Crippen molar-refractivity contribution in [2.45, 2.75) is 40.3 Å². The van der Waals surface area contributed by atoms with Crippen molar-refractivity contribution in [2.75, 3.05) is 12.4 Å². The summed E-state index contributed by atoms with van der Waals surface area (Å²) in [4.78, 5) is 23.9. The average Bonchev–Trinajstić information content (AvgIpc) is 3.08. The molecule has 2 aromatic heterocycles. The number of nitrogens with one attached hydrogen (secondary N) is 1. The van der Waals surface area contributed by atoms with Gasteiger partial charge in [-0.25, -0.2) is 4.79 Å². The number of anilines is 1. The number of esters is 1. The third-order valence-corrected chi connectivity index (χ3v) is 4.73. The van der Waals surface area contributed by atoms with Gasteiger partial charge in [0, 0.05) is 24.9 Å². The highest BCUT2D eigenvalue weighted by Gasteiger charge is 2.19. The first-order chi connectivity index (χ1) is 11.4. The first kappa shape index (κ1) is 18.2. The predicted molar refractivity (Wildman–Crippen MR) is 91.9 cm³/mol. The molecule has 1 amide bonds. The van der Waals surface area contributed by atoms with Crippen LogP contribution < -0.4 is 5.32 Å². The van der Waals surface area contributed by atoms with Crippen molar-refractivity contribution >= 4 is 33.5 Å². The van der Waals surface area contributed by atoms with E-state index in [0.29, 0.717) is 18.8 Å². The van der Waals surface area contributed by atoms with E-state index in [9.17, 15) is 9.59 Å². The second-order valence-corrected chi connectivity index (χ2v) is 6.04. The molecule has 9 heteroatoms. The number of hydrogen-bond acceptors (Lipinski definition) is 5. The predicted octanol–water partition coefficient (Wildman–Crippen LogP) is 2.29. The summed E-state index contributed by atoms with van der Waals surface area (Å²) in [6.07, 6.45) is 1.84. The highest BCUT2D eigenvalue weighted by molar-refractivity contribution is 9.10. The Morgan fingerprint density at radius 1 is 1.33 bits per heavy atom. The molecule has 2 aromatic rings. The Hall–Kier alpha value is -2.16. The molecule has 130 valence electrons. The maximum atomic E-state index is 12.2. The van der Waals surface area contributed by atoms with E-state index >= 15 is 0 Å². The van der Waals surface area contributed by atoms with E-state index in [1.165, 1.54) is 7.11 Å². The van der Waals surface area contributed by atoms with Crippen molar-refractivity contribution < 1.29 is 14.3 Å². The Labute approximate surface area is 148 Å². The van der Waals surface area contributed by atoms with Crippen LogP contribution in [0, 0.1) is 13.8 Å². The molecule has 8 nitrogen and oxygen atoms in total. The summed E-state index contributed by atoms with van der Waals surface area (Å²) in [5.74, 6) is -0.806. The van der Waals surface area contributed by atoms with Crippen molar-refractivity contribution in [3.63, 3.8) is 0 Å². The van der Waals surface area contributed by atoms with Gasteiger partial charge in [0.2, 0.25) is 5.91 Å². The first-order valence-corrected chi connectivity index (χ1v) is 8.31. The fourth-order valence-electron chi connectivity index (χ4n) is 2.24. The molecule has 0 saturated carbocycles. The number of aromatic nitrogens is 4. The van der Waals surface area contributed by atoms with Gasteiger partial charge in [0.1, 0.15) is 0 Å². The minimum absolute atomic E-state index is 0.0987. The monoisotopic (exact) mass is 397 g/mol. The smallest absolute Gasteiger partial charge is 0.360 e. The van der Waals surface area contributed by atoms with Gasteiger partial charge < -0.3 is 10.1 Å². The number of methoxy groups -OCH3 is 1. The fourth-order valence-corrected chi connectivity index (χ4v) is 2.52. The zero-order valence-electron chi connectivity index (χ0n) is 14.1. The molecule has 24 heavy (non-hydrogen) atoms. The molecule has 0 aliphatic rings. The number of halogens is 1. The zero-order valence-corrected chi connectivity index (χ0v) is 15.7. The van der Waals surface area contributed by atoms with E-state index in [4.69, 9.17) is 4.74 Å². The lowest BCUT2D eigenvalue weighted by Gasteiger charge is -2.06. The zero-order chi connectivity index (χ0) is 17.9. The first-order valence-electron chi connectivity index (χ1n) is 7.52. The molecular weight excluding hydrogens is 378 g/mol. The topological polar surface area (TPSA) is 91.0 Å². The summed E-state index contributed by atoms with van der Waals surface area (Å²) >= 11 is 3.46. The van der Waals surface area contributed by atoms with Gasteiger partial charge in [-0.1, -0.05) is 0 Å². The summed E-state index contributed by atoms with van der Waals surface area (Å²) in [6, 6.07) is 0. The minimum Gasteiger partial charge on any atom is -0.464 e. The maximum Gasteiger partial charge on any atom is 0.360 e. The Morgan fingerprint density at radius 2 is 2.04 bits per heavy atom. The Morgan fingerprint density at radius 3 is 2.58 bits per heavy atom. The third kappa shape index (κ3) is 3.84. The number of carbonyl (C=O) groups is 2. The Kier molecular flexibility index (Phi) is 5.76. The third-order valence-electron chi connectivity index (χ3n) is 3.58. The van der Waals surface area contributed by atoms with Gasteiger partial charge in [-0.05, 0) is 36.7 Å². The van der Waals surface area contributed by atoms with Crippen LogP contribution in [0.5, 0.6) is 0 Å². The quantitative estimate of drug-likeness (QED) is 0.754. The van der Waals surface area contributed by atoms with Crippen LogP contribution in [0.3, 0.4) is 0 Å². The van der Waals surface area contributed by atoms with E-state index in [-0.39, 0.29) is 18.0 Å². The van der Waals surface area contributed by atoms with Crippen molar-refractivity contribution in [2.24, 2.45) is 0 Å². The lowest BCUT2D eigenvalue weighted by Crippen LogP contribution is -2.17. The van der Waals surface area contributed by atoms with Crippen molar-refractivity contribution in [3.8, 4) is 0 Å². The summed E-state index contributed by atoms with van der Waals surface area (Å²) in [5, 5.41) is 11.2. The molecule has 0 aliphatic heterocycles. The van der Waals surface area contributed by atoms with Gasteiger partial charge in [0.15, 0.2) is 5.69 Å². The molecule has 0 saturated heterocycles. The lowest BCUT2D eigenvalue weighted by atomic mass is 10.3. The number of rotatable bonds is 6. The number of nitrogens with zero attached hydrogens (tertiary/aromatic N) is 4. The molecule has 0 bridgehead atoms. The van der Waals surface area contributed by atoms with Gasteiger partial charge in [0.05, 0.1) is 29.5 Å². The highest BCUT2D eigenvalue weighted by atomic mass is 79.9. The minimum atomic E-state index is -0.583. The molecular formula is C15H20BrN5O3. The molecule has 0 unspecified atom stereocenters. The highest BCUT2D eigenvalue weighted by Crippen LogP contribution is 2.20. The van der Waals surface area contributed by atoms with E-state index in [0.717, 1.165) is 15.9 Å². The van der Waals surface area contributed by atoms with Crippen LogP contribution in [0.25, 0.3) is 0 Å². The van der Waals surface area contributed by atoms with E-state index in [1.807, 2.05) is 20.8 Å². The van der Waals surface area contributed by atoms with E-state index < -0.39 is 5.97 Å². The van der Waals surface area contributed by atoms with Gasteiger partial charge in [-0.15, -0.1) is 0 Å². The normalized spacial score (nSPS) is 10.7. The van der Waals surface area contributed by atoms with Crippen molar-refractivity contribution in [1.82, 2.24) is 19.6 Å². The van der Waals surface area contributed by atoms with Crippen LogP contribution in [-0.2, 0) is 22.6 Å². The average molecular weight is 398 g/mol. The second kappa shape index (κ2) is 7.61. The Bertz CT molecular complexity index is 765. The largest absolute Gasteiger partial charge is 0.464 e. The standard InChI is InChI=1S/C15H20BrN5O3/c1-5-20-8-11(14(19-20)15(23)24-4)17-12(22)6-7-21-10(3)13(16)9(2)18-21/h8H,5-7H2,1-4H3,(H,17,22). The number of aryl methyl sites for hydroxylation is 3. The number of amides is 1. The number of carbonyl (C=O) groups excluding carboxylic acids is 2. The van der Waals surface area contributed by atoms with Crippen LogP contribution in [0.1, 0.15) is 35.2 Å². The molecule has 0 spiro atoms. The SMILES string of the molecule is CCn1cc(NC(=O)CCn2nc(C)c(Br)c2C)c(C(=O)OC)n1. The second-order valence-electron chi connectivity index (χ2n) is 5.24. The maximum absolute atomic E-state index is 12.2. The molecule has 1 N–H and O–H groups in total. The lowest BCUT2D eigenvalue weighted by molar-refractivity contribution is -0.116. The number of hydrogen-bond donors (Lipinski definition) is 1. The van der Waals surface area contributed by atoms with Crippen LogP contribution in [-0.4, -0.2) is 38.5 Å². The van der Waals surface area contributed by atoms with Gasteiger partial charge in [-0.2, -0.15) is 10.2 Å². The van der Waals surface area contributed by atoms with Crippen LogP contribution >= 0.6 is 15.9 Å². The summed E-state index contributed by atoms with van der Waals surface area (Å²) < 4.78 is 8.98. The van der Waals surface area contributed by atoms with Gasteiger partial charge in [0.25, 0.3) is 0 Å². The molecule has 0 aliphatic carbocycles. The van der Waals surface area contributed by atoms with E-state index in [2.05, 4.69) is 31.4 Å². The summed E-state index contributed by atoms with van der Waals surface area (Å²) in [6.45, 7) is 6.75. The van der Waals surface area contributed by atoms with Gasteiger partial charge >= 0.3 is 5.97 Å². The van der Waals surface area contributed by atoms with Crippen LogP contribution in [0.2, 0.25) is 0 Å². The van der Waals surface area contributed by atoms with E-state index in [1.54, 1.807) is 15.6 Å². The molecule has 0 fully saturated rings. The summed E-state index contributed by atoms with van der Waals surface area (Å²) in [7, 11) is 1.28. The van der Waals surface area contributed by atoms with Crippen molar-refractivity contribution in [1.29, 1.82) is 0 Å². The molecule has 2 heterocycles. The van der Waals surface area contributed by atoms with Crippen LogP contribution in [0.15, 0.2) is 10.7 Å². The molecule has 2 rings (SSSR count). The summed E-state index contributed by atoms with van der Waals surface area (Å²) in [5.41, 5.74) is 2.30. The van der Waals surface area contributed by atoms with Crippen molar-refractivity contribution in [3.05, 3.63) is 27.8 Å². The van der Waals surface area contributed by atoms with Crippen LogP contribution in [0.4, 0.5) is 5.69 Å². The number of ether oxygens (including phenoxy) is 1. The fraction of sp³-hybridized carbons (Fsp3) is 0.467. The Balaban J connectivity index is 2.05. The molecule has 0 radical (unpaired) electrons. The molecule has 0 aromatic carbocycles. The van der Waals surface area contributed by atoms with Gasteiger partial charge in [-0.3, -0.25) is 14.2 Å².